The molecule has 122 valence electrons. The summed E-state index contributed by atoms with van der Waals surface area (Å²) >= 11 is 7.98. The van der Waals surface area contributed by atoms with E-state index in [1.165, 1.54) is 0 Å². The maximum atomic E-state index is 9.83. The Morgan fingerprint density at radius 3 is 2.64 bits per heavy atom. The van der Waals surface area contributed by atoms with Crippen molar-refractivity contribution >= 4 is 45.1 Å². The van der Waals surface area contributed by atoms with Gasteiger partial charge in [-0.25, -0.2) is 4.98 Å². The van der Waals surface area contributed by atoms with Crippen molar-refractivity contribution < 1.29 is 5.11 Å². The van der Waals surface area contributed by atoms with E-state index >= 15 is 0 Å². The number of aromatic nitrogens is 1. The van der Waals surface area contributed by atoms with Crippen LogP contribution in [-0.2, 0) is 0 Å². The van der Waals surface area contributed by atoms with Gasteiger partial charge in [0.05, 0.1) is 20.9 Å². The fourth-order valence-corrected chi connectivity index (χ4v) is 3.74. The highest BCUT2D eigenvalue weighted by Gasteiger charge is 2.10. The summed E-state index contributed by atoms with van der Waals surface area (Å²) in [6.07, 6.45) is 1.64. The summed E-state index contributed by atoms with van der Waals surface area (Å²) in [4.78, 5) is 9.11. The standard InChI is InChI=1S/C20H13ClN2OS/c21-16-10-9-14(22-12-13-5-1-3-7-18(13)24)11-15(16)20-23-17-6-2-4-8-19(17)25-20/h1-12,24H. The van der Waals surface area contributed by atoms with E-state index in [1.54, 1.807) is 29.7 Å². The van der Waals surface area contributed by atoms with Crippen molar-refractivity contribution in [1.82, 2.24) is 4.98 Å². The molecule has 0 atom stereocenters. The molecule has 0 aliphatic rings. The Hall–Kier alpha value is -2.69. The number of phenols is 1. The molecule has 0 saturated carbocycles. The largest absolute Gasteiger partial charge is 0.507 e. The lowest BCUT2D eigenvalue weighted by molar-refractivity contribution is 0.474. The van der Waals surface area contributed by atoms with Gasteiger partial charge >= 0.3 is 0 Å². The average Bonchev–Trinajstić information content (AvgIpc) is 3.06. The Balaban J connectivity index is 1.72. The van der Waals surface area contributed by atoms with Gasteiger partial charge in [-0.2, -0.15) is 0 Å². The maximum absolute atomic E-state index is 9.83. The molecule has 4 aromatic rings. The summed E-state index contributed by atoms with van der Waals surface area (Å²) < 4.78 is 1.12. The minimum Gasteiger partial charge on any atom is -0.507 e. The number of benzene rings is 3. The van der Waals surface area contributed by atoms with Crippen LogP contribution in [0.4, 0.5) is 5.69 Å². The molecule has 0 aliphatic heterocycles. The molecule has 0 saturated heterocycles. The second-order valence-electron chi connectivity index (χ2n) is 5.47. The fraction of sp³-hybridized carbons (Fsp3) is 0. The molecule has 3 aromatic carbocycles. The van der Waals surface area contributed by atoms with Crippen LogP contribution in [0.15, 0.2) is 71.7 Å². The zero-order valence-corrected chi connectivity index (χ0v) is 14.6. The number of halogens is 1. The van der Waals surface area contributed by atoms with Gasteiger partial charge in [-0.3, -0.25) is 4.99 Å². The van der Waals surface area contributed by atoms with Gasteiger partial charge in [0.2, 0.25) is 0 Å². The zero-order chi connectivity index (χ0) is 17.2. The highest BCUT2D eigenvalue weighted by Crippen LogP contribution is 2.36. The number of aromatic hydroxyl groups is 1. The van der Waals surface area contributed by atoms with Gasteiger partial charge in [0.15, 0.2) is 0 Å². The van der Waals surface area contributed by atoms with Gasteiger partial charge in [-0.05, 0) is 42.5 Å². The first kappa shape index (κ1) is 15.8. The SMILES string of the molecule is Oc1ccccc1C=Nc1ccc(Cl)c(-c2nc3ccccc3s2)c1. The van der Waals surface area contributed by atoms with Gasteiger partial charge in [-0.1, -0.05) is 35.9 Å². The lowest BCUT2D eigenvalue weighted by Crippen LogP contribution is -1.82. The molecule has 5 heteroatoms. The molecular weight excluding hydrogens is 352 g/mol. The summed E-state index contributed by atoms with van der Waals surface area (Å²) in [6, 6.07) is 20.7. The average molecular weight is 365 g/mol. The van der Waals surface area contributed by atoms with Gasteiger partial charge in [-0.15, -0.1) is 11.3 Å². The van der Waals surface area contributed by atoms with Crippen LogP contribution in [0.1, 0.15) is 5.56 Å². The number of hydrogen-bond acceptors (Lipinski definition) is 4. The van der Waals surface area contributed by atoms with Gasteiger partial charge in [0, 0.05) is 17.3 Å². The third-order valence-electron chi connectivity index (χ3n) is 3.76. The molecule has 4 rings (SSSR count). The van der Waals surface area contributed by atoms with Gasteiger partial charge in [0.25, 0.3) is 0 Å². The Kier molecular flexibility index (Phi) is 4.22. The summed E-state index contributed by atoms with van der Waals surface area (Å²) in [7, 11) is 0. The normalized spacial score (nSPS) is 11.4. The van der Waals surface area contributed by atoms with Gasteiger partial charge < -0.3 is 5.11 Å². The van der Waals surface area contributed by atoms with E-state index in [4.69, 9.17) is 11.6 Å². The smallest absolute Gasteiger partial charge is 0.126 e. The zero-order valence-electron chi connectivity index (χ0n) is 13.1. The summed E-state index contributed by atoms with van der Waals surface area (Å²) in [6.45, 7) is 0. The Labute approximate surface area is 153 Å². The number of aliphatic imine (C=N–C) groups is 1. The van der Waals surface area contributed by atoms with Crippen molar-refractivity contribution in [2.75, 3.05) is 0 Å². The molecule has 25 heavy (non-hydrogen) atoms. The minimum absolute atomic E-state index is 0.201. The predicted molar refractivity (Wildman–Crippen MR) is 105 cm³/mol. The highest BCUT2D eigenvalue weighted by atomic mass is 35.5. The second kappa shape index (κ2) is 6.67. The maximum Gasteiger partial charge on any atom is 0.126 e. The number of fused-ring (bicyclic) bond motifs is 1. The molecule has 1 aromatic heterocycles. The van der Waals surface area contributed by atoms with E-state index in [2.05, 4.69) is 9.98 Å². The quantitative estimate of drug-likeness (QED) is 0.448. The molecule has 0 unspecified atom stereocenters. The third-order valence-corrected chi connectivity index (χ3v) is 5.16. The minimum atomic E-state index is 0.201. The van der Waals surface area contributed by atoms with Crippen molar-refractivity contribution in [2.45, 2.75) is 0 Å². The van der Waals surface area contributed by atoms with E-state index in [-0.39, 0.29) is 5.75 Å². The summed E-state index contributed by atoms with van der Waals surface area (Å²) in [5, 5.41) is 11.3. The van der Waals surface area contributed by atoms with Crippen molar-refractivity contribution in [3.63, 3.8) is 0 Å². The highest BCUT2D eigenvalue weighted by molar-refractivity contribution is 7.21. The molecule has 1 heterocycles. The summed E-state index contributed by atoms with van der Waals surface area (Å²) in [5.41, 5.74) is 3.23. The number of para-hydroxylation sites is 2. The number of phenolic OH excluding ortho intramolecular Hbond substituents is 1. The lowest BCUT2D eigenvalue weighted by atomic mass is 10.2. The fourth-order valence-electron chi connectivity index (χ4n) is 2.49. The monoisotopic (exact) mass is 364 g/mol. The predicted octanol–water partition coefficient (Wildman–Crippen LogP) is 6.07. The van der Waals surface area contributed by atoms with Gasteiger partial charge in [0.1, 0.15) is 10.8 Å². The number of hydrogen-bond donors (Lipinski definition) is 1. The van der Waals surface area contributed by atoms with Crippen molar-refractivity contribution in [1.29, 1.82) is 0 Å². The Bertz CT molecular complexity index is 1050. The van der Waals surface area contributed by atoms with Crippen molar-refractivity contribution in [3.05, 3.63) is 77.3 Å². The molecular formula is C20H13ClN2OS. The lowest BCUT2D eigenvalue weighted by Gasteiger charge is -2.02. The van der Waals surface area contributed by atoms with Crippen LogP contribution in [0.5, 0.6) is 5.75 Å². The van der Waals surface area contributed by atoms with E-state index in [0.29, 0.717) is 10.6 Å². The van der Waals surface area contributed by atoms with Crippen LogP contribution >= 0.6 is 22.9 Å². The van der Waals surface area contributed by atoms with Crippen molar-refractivity contribution in [3.8, 4) is 16.3 Å². The Morgan fingerprint density at radius 2 is 1.80 bits per heavy atom. The molecule has 3 nitrogen and oxygen atoms in total. The molecule has 0 radical (unpaired) electrons. The van der Waals surface area contributed by atoms with Crippen LogP contribution in [0, 0.1) is 0 Å². The Morgan fingerprint density at radius 1 is 1.00 bits per heavy atom. The van der Waals surface area contributed by atoms with Crippen LogP contribution in [0.2, 0.25) is 5.02 Å². The molecule has 0 spiro atoms. The van der Waals surface area contributed by atoms with Crippen molar-refractivity contribution in [2.24, 2.45) is 4.99 Å². The number of thiazole rings is 1. The third kappa shape index (κ3) is 3.27. The van der Waals surface area contributed by atoms with E-state index in [9.17, 15) is 5.11 Å². The first-order valence-corrected chi connectivity index (χ1v) is 8.88. The van der Waals surface area contributed by atoms with E-state index in [0.717, 1.165) is 26.5 Å². The van der Waals surface area contributed by atoms with E-state index < -0.39 is 0 Å². The van der Waals surface area contributed by atoms with Crippen LogP contribution in [0.3, 0.4) is 0 Å². The number of nitrogens with zero attached hydrogens (tertiary/aromatic N) is 2. The summed E-state index contributed by atoms with van der Waals surface area (Å²) in [5.74, 6) is 0.201. The molecule has 0 aliphatic carbocycles. The first-order valence-electron chi connectivity index (χ1n) is 7.68. The number of rotatable bonds is 3. The second-order valence-corrected chi connectivity index (χ2v) is 6.91. The van der Waals surface area contributed by atoms with Crippen LogP contribution in [-0.4, -0.2) is 16.3 Å². The molecule has 0 bridgehead atoms. The topological polar surface area (TPSA) is 45.5 Å². The van der Waals surface area contributed by atoms with E-state index in [1.807, 2.05) is 54.6 Å². The van der Waals surface area contributed by atoms with Crippen LogP contribution < -0.4 is 0 Å². The molecule has 1 N–H and O–H groups in total. The van der Waals surface area contributed by atoms with Crippen LogP contribution in [0.25, 0.3) is 20.8 Å². The first-order chi connectivity index (χ1) is 12.2. The molecule has 0 fully saturated rings. The molecule has 0 amide bonds.